The summed E-state index contributed by atoms with van der Waals surface area (Å²) in [6, 6.07) is 5.52. The van der Waals surface area contributed by atoms with Crippen LogP contribution in [0, 0.1) is 0 Å². The van der Waals surface area contributed by atoms with Crippen molar-refractivity contribution in [3.05, 3.63) is 46.9 Å². The van der Waals surface area contributed by atoms with Crippen LogP contribution >= 0.6 is 11.3 Å². The minimum Gasteiger partial charge on any atom is -0.467 e. The highest BCUT2D eigenvalue weighted by atomic mass is 32.1. The van der Waals surface area contributed by atoms with E-state index in [0.29, 0.717) is 31.1 Å². The summed E-state index contributed by atoms with van der Waals surface area (Å²) in [6.07, 6.45) is 2.29. The maximum atomic E-state index is 11.7. The van der Waals surface area contributed by atoms with Crippen molar-refractivity contribution in [1.82, 2.24) is 15.5 Å². The van der Waals surface area contributed by atoms with Gasteiger partial charge in [0.15, 0.2) is 0 Å². The van der Waals surface area contributed by atoms with Gasteiger partial charge < -0.3 is 14.3 Å². The second kappa shape index (κ2) is 6.36. The first-order valence-electron chi connectivity index (χ1n) is 6.45. The molecule has 0 unspecified atom stereocenters. The lowest BCUT2D eigenvalue weighted by Gasteiger charge is -2.01. The van der Waals surface area contributed by atoms with E-state index in [9.17, 15) is 4.79 Å². The Hall–Kier alpha value is -2.41. The molecule has 0 fully saturated rings. The van der Waals surface area contributed by atoms with Crippen molar-refractivity contribution in [3.63, 3.8) is 0 Å². The van der Waals surface area contributed by atoms with Gasteiger partial charge in [-0.15, -0.1) is 0 Å². The summed E-state index contributed by atoms with van der Waals surface area (Å²) in [7, 11) is 0. The van der Waals surface area contributed by atoms with Crippen LogP contribution in [0.4, 0.5) is 0 Å². The van der Waals surface area contributed by atoms with Crippen molar-refractivity contribution in [2.75, 3.05) is 0 Å². The molecule has 6 nitrogen and oxygen atoms in total. The van der Waals surface area contributed by atoms with Crippen molar-refractivity contribution in [2.24, 2.45) is 0 Å². The largest absolute Gasteiger partial charge is 0.467 e. The topological polar surface area (TPSA) is 81.2 Å². The standard InChI is InChI=1S/C14H13N3O3S/c18-12(15-8-11-2-1-6-19-11)3-4-13-16-14(17-20-13)10-5-7-21-9-10/h1-2,5-7,9H,3-4,8H2,(H,15,18). The van der Waals surface area contributed by atoms with E-state index in [-0.39, 0.29) is 5.91 Å². The average molecular weight is 303 g/mol. The molecule has 21 heavy (non-hydrogen) atoms. The van der Waals surface area contributed by atoms with Crippen LogP contribution in [-0.2, 0) is 17.8 Å². The molecule has 0 aromatic carbocycles. The van der Waals surface area contributed by atoms with Crippen molar-refractivity contribution in [3.8, 4) is 11.4 Å². The normalized spacial score (nSPS) is 10.7. The molecule has 0 aliphatic carbocycles. The molecular formula is C14H13N3O3S. The number of aromatic nitrogens is 2. The maximum absolute atomic E-state index is 11.7. The fourth-order valence-electron chi connectivity index (χ4n) is 1.77. The van der Waals surface area contributed by atoms with Crippen LogP contribution < -0.4 is 5.32 Å². The molecule has 0 radical (unpaired) electrons. The van der Waals surface area contributed by atoms with E-state index < -0.39 is 0 Å². The predicted octanol–water partition coefficient (Wildman–Crippen LogP) is 2.64. The van der Waals surface area contributed by atoms with E-state index in [0.717, 1.165) is 11.3 Å². The molecule has 0 saturated heterocycles. The van der Waals surface area contributed by atoms with Gasteiger partial charge in [-0.2, -0.15) is 16.3 Å². The molecule has 0 aliphatic heterocycles. The zero-order valence-corrected chi connectivity index (χ0v) is 11.9. The van der Waals surface area contributed by atoms with Crippen LogP contribution in [0.25, 0.3) is 11.4 Å². The summed E-state index contributed by atoms with van der Waals surface area (Å²) in [6.45, 7) is 0.385. The molecule has 108 valence electrons. The third kappa shape index (κ3) is 3.57. The molecule has 1 N–H and O–H groups in total. The van der Waals surface area contributed by atoms with E-state index in [1.54, 1.807) is 23.7 Å². The second-order valence-corrected chi connectivity index (χ2v) is 5.16. The Bertz CT molecular complexity index is 689. The Morgan fingerprint density at radius 3 is 3.10 bits per heavy atom. The van der Waals surface area contributed by atoms with Gasteiger partial charge in [0.1, 0.15) is 5.76 Å². The van der Waals surface area contributed by atoms with Crippen molar-refractivity contribution < 1.29 is 13.7 Å². The highest BCUT2D eigenvalue weighted by Crippen LogP contribution is 2.18. The van der Waals surface area contributed by atoms with Gasteiger partial charge in [-0.05, 0) is 23.6 Å². The summed E-state index contributed by atoms with van der Waals surface area (Å²) in [5.41, 5.74) is 0.928. The van der Waals surface area contributed by atoms with Crippen LogP contribution in [0.3, 0.4) is 0 Å². The minimum absolute atomic E-state index is 0.0818. The Kier molecular flexibility index (Phi) is 4.11. The van der Waals surface area contributed by atoms with Gasteiger partial charge in [0, 0.05) is 23.8 Å². The maximum Gasteiger partial charge on any atom is 0.227 e. The zero-order valence-electron chi connectivity index (χ0n) is 11.1. The number of hydrogen-bond donors (Lipinski definition) is 1. The highest BCUT2D eigenvalue weighted by molar-refractivity contribution is 7.08. The Morgan fingerprint density at radius 1 is 1.38 bits per heavy atom. The molecule has 3 aromatic heterocycles. The summed E-state index contributed by atoms with van der Waals surface area (Å²) in [5.74, 6) is 1.66. The van der Waals surface area contributed by atoms with Crippen molar-refractivity contribution in [1.29, 1.82) is 0 Å². The van der Waals surface area contributed by atoms with Gasteiger partial charge in [-0.3, -0.25) is 4.79 Å². The molecule has 0 saturated carbocycles. The first kappa shape index (κ1) is 13.6. The number of carbonyl (C=O) groups is 1. The lowest BCUT2D eigenvalue weighted by Crippen LogP contribution is -2.22. The van der Waals surface area contributed by atoms with E-state index in [4.69, 9.17) is 8.94 Å². The number of thiophene rings is 1. The molecule has 3 aromatic rings. The molecule has 0 aliphatic rings. The lowest BCUT2D eigenvalue weighted by molar-refractivity contribution is -0.121. The number of furan rings is 1. The Morgan fingerprint density at radius 2 is 2.33 bits per heavy atom. The number of amides is 1. The molecule has 3 rings (SSSR count). The Balaban J connectivity index is 1.47. The van der Waals surface area contributed by atoms with E-state index in [1.165, 1.54) is 0 Å². The van der Waals surface area contributed by atoms with E-state index in [2.05, 4.69) is 15.5 Å². The molecule has 1 amide bonds. The molecule has 0 atom stereocenters. The van der Waals surface area contributed by atoms with E-state index >= 15 is 0 Å². The fourth-order valence-corrected chi connectivity index (χ4v) is 2.41. The first-order valence-corrected chi connectivity index (χ1v) is 7.40. The predicted molar refractivity (Wildman–Crippen MR) is 76.5 cm³/mol. The smallest absolute Gasteiger partial charge is 0.227 e. The first-order chi connectivity index (χ1) is 10.3. The Labute approximate surface area is 124 Å². The number of nitrogens with zero attached hydrogens (tertiary/aromatic N) is 2. The lowest BCUT2D eigenvalue weighted by atomic mass is 10.3. The molecule has 0 spiro atoms. The van der Waals surface area contributed by atoms with Gasteiger partial charge in [-0.25, -0.2) is 0 Å². The number of aryl methyl sites for hydroxylation is 1. The number of rotatable bonds is 6. The van der Waals surface area contributed by atoms with Crippen LogP contribution in [0.2, 0.25) is 0 Å². The van der Waals surface area contributed by atoms with Crippen LogP contribution in [0.15, 0.2) is 44.2 Å². The van der Waals surface area contributed by atoms with Crippen LogP contribution in [0.1, 0.15) is 18.1 Å². The van der Waals surface area contributed by atoms with Gasteiger partial charge in [0.05, 0.1) is 12.8 Å². The quantitative estimate of drug-likeness (QED) is 0.757. The third-order valence-electron chi connectivity index (χ3n) is 2.85. The summed E-state index contributed by atoms with van der Waals surface area (Å²) in [5, 5.41) is 10.6. The third-order valence-corrected chi connectivity index (χ3v) is 3.54. The summed E-state index contributed by atoms with van der Waals surface area (Å²) in [4.78, 5) is 16.0. The van der Waals surface area contributed by atoms with Gasteiger partial charge in [0.25, 0.3) is 0 Å². The van der Waals surface area contributed by atoms with Crippen LogP contribution in [0.5, 0.6) is 0 Å². The fraction of sp³-hybridized carbons (Fsp3) is 0.214. The second-order valence-electron chi connectivity index (χ2n) is 4.38. The van der Waals surface area contributed by atoms with Gasteiger partial charge in [-0.1, -0.05) is 5.16 Å². The summed E-state index contributed by atoms with van der Waals surface area (Å²) < 4.78 is 10.3. The van der Waals surface area contributed by atoms with Gasteiger partial charge in [0.2, 0.25) is 17.6 Å². The number of carbonyl (C=O) groups excluding carboxylic acids is 1. The highest BCUT2D eigenvalue weighted by Gasteiger charge is 2.11. The summed E-state index contributed by atoms with van der Waals surface area (Å²) >= 11 is 1.57. The zero-order chi connectivity index (χ0) is 14.5. The van der Waals surface area contributed by atoms with Crippen molar-refractivity contribution >= 4 is 17.2 Å². The van der Waals surface area contributed by atoms with Gasteiger partial charge >= 0.3 is 0 Å². The molecular weight excluding hydrogens is 290 g/mol. The number of hydrogen-bond acceptors (Lipinski definition) is 6. The van der Waals surface area contributed by atoms with Crippen LogP contribution in [-0.4, -0.2) is 16.0 Å². The van der Waals surface area contributed by atoms with E-state index in [1.807, 2.05) is 22.9 Å². The molecule has 7 heteroatoms. The monoisotopic (exact) mass is 303 g/mol. The molecule has 3 heterocycles. The SMILES string of the molecule is O=C(CCc1nc(-c2ccsc2)no1)NCc1ccco1. The number of nitrogens with one attached hydrogen (secondary N) is 1. The minimum atomic E-state index is -0.0818. The van der Waals surface area contributed by atoms with Crippen molar-refractivity contribution in [2.45, 2.75) is 19.4 Å². The average Bonchev–Trinajstić information content (AvgIpc) is 3.24. The molecule has 0 bridgehead atoms.